The molecular weight excluding hydrogens is 276 g/mol. The van der Waals surface area contributed by atoms with Crippen LogP contribution in [0.5, 0.6) is 0 Å². The van der Waals surface area contributed by atoms with Crippen molar-refractivity contribution in [2.75, 3.05) is 13.1 Å². The van der Waals surface area contributed by atoms with Crippen molar-refractivity contribution in [1.82, 2.24) is 10.0 Å². The van der Waals surface area contributed by atoms with Crippen molar-refractivity contribution >= 4 is 15.9 Å². The van der Waals surface area contributed by atoms with Crippen LogP contribution in [0.3, 0.4) is 0 Å². The van der Waals surface area contributed by atoms with E-state index < -0.39 is 10.0 Å². The summed E-state index contributed by atoms with van der Waals surface area (Å²) in [5, 5.41) is 2.61. The Balaban J connectivity index is 2.66. The van der Waals surface area contributed by atoms with Gasteiger partial charge in [-0.05, 0) is 30.0 Å². The molecule has 0 radical (unpaired) electrons. The fourth-order valence-electron chi connectivity index (χ4n) is 1.60. The van der Waals surface area contributed by atoms with E-state index in [4.69, 9.17) is 0 Å². The van der Waals surface area contributed by atoms with Crippen molar-refractivity contribution in [2.24, 2.45) is 0 Å². The summed E-state index contributed by atoms with van der Waals surface area (Å²) in [6.45, 7) is 6.32. The highest BCUT2D eigenvalue weighted by molar-refractivity contribution is 7.89. The maximum absolute atomic E-state index is 12.0. The van der Waals surface area contributed by atoms with Crippen molar-refractivity contribution in [1.29, 1.82) is 0 Å². The lowest BCUT2D eigenvalue weighted by Crippen LogP contribution is -2.37. The van der Waals surface area contributed by atoms with E-state index in [1.807, 2.05) is 20.8 Å². The van der Waals surface area contributed by atoms with Gasteiger partial charge in [-0.15, -0.1) is 0 Å². The van der Waals surface area contributed by atoms with Gasteiger partial charge < -0.3 is 5.32 Å². The van der Waals surface area contributed by atoms with Crippen molar-refractivity contribution in [2.45, 2.75) is 38.0 Å². The van der Waals surface area contributed by atoms with Crippen LogP contribution in [0.25, 0.3) is 0 Å². The van der Waals surface area contributed by atoms with Crippen LogP contribution >= 0.6 is 0 Å². The molecular formula is C14H22N2O3S. The number of benzene rings is 1. The minimum atomic E-state index is -3.63. The molecule has 0 atom stereocenters. The molecule has 0 aliphatic heterocycles. The summed E-state index contributed by atoms with van der Waals surface area (Å²) >= 11 is 0. The second-order valence-corrected chi connectivity index (χ2v) is 6.67. The quantitative estimate of drug-likeness (QED) is 0.803. The zero-order valence-corrected chi connectivity index (χ0v) is 13.0. The molecule has 0 aromatic heterocycles. The van der Waals surface area contributed by atoms with Gasteiger partial charge in [0.25, 0.3) is 0 Å². The third kappa shape index (κ3) is 4.94. The monoisotopic (exact) mass is 298 g/mol. The van der Waals surface area contributed by atoms with E-state index in [1.165, 1.54) is 0 Å². The second kappa shape index (κ2) is 7.40. The van der Waals surface area contributed by atoms with Crippen LogP contribution in [0.1, 0.15) is 38.7 Å². The fraction of sp³-hybridized carbons (Fsp3) is 0.500. The number of sulfonamides is 1. The molecule has 0 aliphatic rings. The predicted molar refractivity (Wildman–Crippen MR) is 79.0 cm³/mol. The first kappa shape index (κ1) is 16.7. The molecule has 0 fully saturated rings. The molecule has 0 saturated heterocycles. The molecule has 2 N–H and O–H groups in total. The van der Waals surface area contributed by atoms with Gasteiger partial charge in [-0.2, -0.15) is 0 Å². The number of amides is 1. The lowest BCUT2D eigenvalue weighted by Gasteiger charge is -2.09. The first-order chi connectivity index (χ1) is 9.36. The smallest absolute Gasteiger partial charge is 0.241 e. The lowest BCUT2D eigenvalue weighted by atomic mass is 10.0. The van der Waals surface area contributed by atoms with Gasteiger partial charge in [-0.25, -0.2) is 13.1 Å². The summed E-state index contributed by atoms with van der Waals surface area (Å²) < 4.78 is 26.3. The lowest BCUT2D eigenvalue weighted by molar-refractivity contribution is -0.119. The molecule has 6 heteroatoms. The van der Waals surface area contributed by atoms with Gasteiger partial charge in [0.15, 0.2) is 0 Å². The predicted octanol–water partition coefficient (Wildman–Crippen LogP) is 1.61. The summed E-state index contributed by atoms with van der Waals surface area (Å²) in [5.74, 6) is 0.0220. The second-order valence-electron chi connectivity index (χ2n) is 4.90. The summed E-state index contributed by atoms with van der Waals surface area (Å²) in [6, 6.07) is 6.69. The van der Waals surface area contributed by atoms with Gasteiger partial charge in [0.2, 0.25) is 15.9 Å². The first-order valence-corrected chi connectivity index (χ1v) is 8.21. The van der Waals surface area contributed by atoms with Crippen LogP contribution in [0.4, 0.5) is 0 Å². The van der Waals surface area contributed by atoms with Gasteiger partial charge in [-0.1, -0.05) is 32.9 Å². The topological polar surface area (TPSA) is 75.3 Å². The molecule has 20 heavy (non-hydrogen) atoms. The maximum Gasteiger partial charge on any atom is 0.241 e. The Bertz CT molecular complexity index is 536. The highest BCUT2D eigenvalue weighted by Gasteiger charge is 2.15. The normalized spacial score (nSPS) is 11.6. The summed E-state index contributed by atoms with van der Waals surface area (Å²) in [5.41, 5.74) is 1.07. The number of rotatable bonds is 7. The molecule has 0 bridgehead atoms. The molecule has 0 saturated carbocycles. The summed E-state index contributed by atoms with van der Waals surface area (Å²) in [4.78, 5) is 11.6. The number of hydrogen-bond acceptors (Lipinski definition) is 3. The number of carbonyl (C=O) groups is 1. The Hall–Kier alpha value is -1.40. The highest BCUT2D eigenvalue weighted by atomic mass is 32.2. The van der Waals surface area contributed by atoms with Crippen molar-refractivity contribution in [3.05, 3.63) is 29.8 Å². The number of nitrogens with one attached hydrogen (secondary N) is 2. The van der Waals surface area contributed by atoms with E-state index in [0.29, 0.717) is 12.5 Å². The van der Waals surface area contributed by atoms with E-state index >= 15 is 0 Å². The van der Waals surface area contributed by atoms with Gasteiger partial charge in [0, 0.05) is 6.54 Å². The first-order valence-electron chi connectivity index (χ1n) is 6.73. The standard InChI is InChI=1S/C14H22N2O3S/c1-4-9-15-14(17)10-16-20(18,19)13-7-5-12(6-8-13)11(2)3/h5-8,11,16H,4,9-10H2,1-3H3,(H,15,17). The van der Waals surface area contributed by atoms with E-state index in [0.717, 1.165) is 12.0 Å². The third-order valence-electron chi connectivity index (χ3n) is 2.85. The molecule has 1 rings (SSSR count). The maximum atomic E-state index is 12.0. The van der Waals surface area contributed by atoms with Crippen LogP contribution in [0.2, 0.25) is 0 Å². The zero-order valence-electron chi connectivity index (χ0n) is 12.1. The van der Waals surface area contributed by atoms with Crippen LogP contribution in [0.15, 0.2) is 29.2 Å². The largest absolute Gasteiger partial charge is 0.355 e. The van der Waals surface area contributed by atoms with E-state index in [2.05, 4.69) is 10.0 Å². The fourth-order valence-corrected chi connectivity index (χ4v) is 2.58. The highest BCUT2D eigenvalue weighted by Crippen LogP contribution is 2.17. The van der Waals surface area contributed by atoms with Crippen LogP contribution < -0.4 is 10.0 Å². The Morgan fingerprint density at radius 2 is 1.80 bits per heavy atom. The average molecular weight is 298 g/mol. The average Bonchev–Trinajstić information content (AvgIpc) is 2.43. The Kier molecular flexibility index (Phi) is 6.16. The Labute approximate surface area is 120 Å². The molecule has 0 unspecified atom stereocenters. The molecule has 112 valence electrons. The Morgan fingerprint density at radius 1 is 1.20 bits per heavy atom. The van der Waals surface area contributed by atoms with Gasteiger partial charge in [0.05, 0.1) is 11.4 Å². The van der Waals surface area contributed by atoms with Crippen LogP contribution in [-0.4, -0.2) is 27.4 Å². The molecule has 5 nitrogen and oxygen atoms in total. The minimum absolute atomic E-state index is 0.171. The molecule has 1 amide bonds. The van der Waals surface area contributed by atoms with Crippen LogP contribution in [-0.2, 0) is 14.8 Å². The van der Waals surface area contributed by atoms with E-state index in [1.54, 1.807) is 24.3 Å². The third-order valence-corrected chi connectivity index (χ3v) is 4.27. The molecule has 0 aliphatic carbocycles. The van der Waals surface area contributed by atoms with Crippen LogP contribution in [0, 0.1) is 0 Å². The molecule has 0 spiro atoms. The molecule has 1 aromatic rings. The SMILES string of the molecule is CCCNC(=O)CNS(=O)(=O)c1ccc(C(C)C)cc1. The van der Waals surface area contributed by atoms with Crippen molar-refractivity contribution < 1.29 is 13.2 Å². The minimum Gasteiger partial charge on any atom is -0.355 e. The summed E-state index contributed by atoms with van der Waals surface area (Å²) in [7, 11) is -3.63. The Morgan fingerprint density at radius 3 is 2.30 bits per heavy atom. The van der Waals surface area contributed by atoms with Gasteiger partial charge in [0.1, 0.15) is 0 Å². The summed E-state index contributed by atoms with van der Waals surface area (Å²) in [6.07, 6.45) is 0.815. The van der Waals surface area contributed by atoms with Crippen molar-refractivity contribution in [3.8, 4) is 0 Å². The zero-order chi connectivity index (χ0) is 15.2. The van der Waals surface area contributed by atoms with E-state index in [9.17, 15) is 13.2 Å². The molecule has 0 heterocycles. The number of hydrogen-bond donors (Lipinski definition) is 2. The molecule has 1 aromatic carbocycles. The van der Waals surface area contributed by atoms with Gasteiger partial charge in [-0.3, -0.25) is 4.79 Å². The van der Waals surface area contributed by atoms with Crippen molar-refractivity contribution in [3.63, 3.8) is 0 Å². The van der Waals surface area contributed by atoms with E-state index in [-0.39, 0.29) is 17.3 Å². The number of carbonyl (C=O) groups excluding carboxylic acids is 1. The van der Waals surface area contributed by atoms with Gasteiger partial charge >= 0.3 is 0 Å².